The summed E-state index contributed by atoms with van der Waals surface area (Å²) in [6.07, 6.45) is 12.5. The van der Waals surface area contributed by atoms with E-state index < -0.39 is 0 Å². The van der Waals surface area contributed by atoms with Crippen molar-refractivity contribution in [3.8, 4) is 0 Å². The molecule has 1 unspecified atom stereocenters. The Morgan fingerprint density at radius 2 is 2.20 bits per heavy atom. The number of fused-ring (bicyclic) bond motifs is 1. The third-order valence-electron chi connectivity index (χ3n) is 4.74. The van der Waals surface area contributed by atoms with Crippen molar-refractivity contribution in [1.82, 2.24) is 10.2 Å². The van der Waals surface area contributed by atoms with Crippen LogP contribution in [0.1, 0.15) is 26.2 Å². The molecule has 25 heavy (non-hydrogen) atoms. The summed E-state index contributed by atoms with van der Waals surface area (Å²) in [6, 6.07) is 0. The third-order valence-corrected chi connectivity index (χ3v) is 5.94. The number of allylic oxidation sites excluding steroid dienone is 3. The van der Waals surface area contributed by atoms with Gasteiger partial charge in [-0.25, -0.2) is 4.99 Å². The molecule has 1 N–H and O–H groups in total. The van der Waals surface area contributed by atoms with Crippen LogP contribution in [0.2, 0.25) is 0 Å². The van der Waals surface area contributed by atoms with Crippen molar-refractivity contribution in [1.29, 1.82) is 0 Å². The van der Waals surface area contributed by atoms with E-state index in [-0.39, 0.29) is 17.1 Å². The molecule has 0 radical (unpaired) electrons. The highest BCUT2D eigenvalue weighted by Crippen LogP contribution is 2.31. The van der Waals surface area contributed by atoms with Crippen LogP contribution in [0.25, 0.3) is 0 Å². The van der Waals surface area contributed by atoms with E-state index in [0.29, 0.717) is 11.4 Å². The molecular weight excluding hydrogens is 334 g/mol. The molecule has 134 valence electrons. The number of hydrogen-bond acceptors (Lipinski definition) is 4. The van der Waals surface area contributed by atoms with Crippen LogP contribution in [0.4, 0.5) is 0 Å². The van der Waals surface area contributed by atoms with Crippen molar-refractivity contribution >= 4 is 29.3 Å². The molecule has 3 rings (SSSR count). The Morgan fingerprint density at radius 1 is 1.40 bits per heavy atom. The second-order valence-corrected chi connectivity index (χ2v) is 7.99. The zero-order chi connectivity index (χ0) is 17.6. The number of likely N-dealkylation sites (tertiary alicyclic amines) is 1. The van der Waals surface area contributed by atoms with E-state index in [2.05, 4.69) is 22.1 Å². The Labute approximate surface area is 153 Å². The lowest BCUT2D eigenvalue weighted by Crippen LogP contribution is -2.35. The number of nitrogens with zero attached hydrogens (tertiary/aromatic N) is 2. The first-order valence-corrected chi connectivity index (χ1v) is 9.86. The monoisotopic (exact) mass is 359 g/mol. The van der Waals surface area contributed by atoms with Gasteiger partial charge in [0.25, 0.3) is 5.91 Å². The van der Waals surface area contributed by atoms with Crippen LogP contribution in [0.5, 0.6) is 0 Å². The molecule has 6 heteroatoms. The molecule has 0 aromatic rings. The molecule has 1 aliphatic carbocycles. The van der Waals surface area contributed by atoms with Crippen molar-refractivity contribution in [3.63, 3.8) is 0 Å². The van der Waals surface area contributed by atoms with Gasteiger partial charge >= 0.3 is 0 Å². The first kappa shape index (κ1) is 18.1. The number of aliphatic imine (C=N–C) groups is 1. The van der Waals surface area contributed by atoms with Crippen LogP contribution < -0.4 is 5.32 Å². The number of hydrogen-bond donors (Lipinski definition) is 1. The lowest BCUT2D eigenvalue weighted by molar-refractivity contribution is -0.117. The molecule has 2 amide bonds. The molecule has 0 aromatic carbocycles. The maximum absolute atomic E-state index is 12.1. The fourth-order valence-corrected chi connectivity index (χ4v) is 4.15. The van der Waals surface area contributed by atoms with Crippen LogP contribution in [-0.4, -0.2) is 53.9 Å². The normalized spacial score (nSPS) is 25.8. The molecule has 3 aliphatic rings. The maximum Gasteiger partial charge on any atom is 0.283 e. The molecule has 0 bridgehead atoms. The van der Waals surface area contributed by atoms with E-state index in [1.54, 1.807) is 0 Å². The van der Waals surface area contributed by atoms with Crippen LogP contribution >= 0.6 is 11.8 Å². The Morgan fingerprint density at radius 3 is 3.00 bits per heavy atom. The van der Waals surface area contributed by atoms with Gasteiger partial charge in [-0.3, -0.25) is 9.59 Å². The van der Waals surface area contributed by atoms with Crippen LogP contribution in [0, 0.1) is 5.92 Å². The second-order valence-electron chi connectivity index (χ2n) is 6.80. The van der Waals surface area contributed by atoms with Gasteiger partial charge in [0.2, 0.25) is 5.91 Å². The predicted octanol–water partition coefficient (Wildman–Crippen LogP) is 2.32. The standard InChI is InChI=1S/C19H25N3O2S/c1-14-7-11-22(12-8-14)10-4-9-20-18(23)13-17-19(24)21-15-5-2-3-6-16(15)25-17/h2-3,5-6,13-14,16H,4,7-12H2,1H3,(H,20,23)/b17-13-. The van der Waals surface area contributed by atoms with Crippen molar-refractivity contribution in [3.05, 3.63) is 35.3 Å². The number of nitrogens with one attached hydrogen (secondary N) is 1. The highest BCUT2D eigenvalue weighted by molar-refractivity contribution is 8.05. The number of amides is 2. The van der Waals surface area contributed by atoms with Crippen molar-refractivity contribution in [2.45, 2.75) is 31.4 Å². The van der Waals surface area contributed by atoms with Crippen LogP contribution in [-0.2, 0) is 9.59 Å². The Balaban J connectivity index is 1.42. The van der Waals surface area contributed by atoms with Gasteiger partial charge in [0.15, 0.2) is 0 Å². The van der Waals surface area contributed by atoms with Crippen LogP contribution in [0.3, 0.4) is 0 Å². The van der Waals surface area contributed by atoms with Gasteiger partial charge < -0.3 is 10.2 Å². The highest BCUT2D eigenvalue weighted by Gasteiger charge is 2.26. The molecule has 0 saturated carbocycles. The SMILES string of the molecule is CC1CCN(CCCNC(=O)/C=C2\SC3C=CC=CC3=NC2=O)CC1. The zero-order valence-electron chi connectivity index (χ0n) is 14.6. The first-order chi connectivity index (χ1) is 12.1. The van der Waals surface area contributed by atoms with Crippen molar-refractivity contribution in [2.75, 3.05) is 26.2 Å². The molecular formula is C19H25N3O2S. The average Bonchev–Trinajstić information content (AvgIpc) is 2.61. The predicted molar refractivity (Wildman–Crippen MR) is 103 cm³/mol. The molecule has 2 heterocycles. The third kappa shape index (κ3) is 5.16. The summed E-state index contributed by atoms with van der Waals surface area (Å²) in [5.74, 6) is 0.302. The largest absolute Gasteiger partial charge is 0.352 e. The number of rotatable bonds is 5. The minimum absolute atomic E-state index is 0.0308. The van der Waals surface area contributed by atoms with E-state index >= 15 is 0 Å². The number of thioether (sulfide) groups is 1. The fourth-order valence-electron chi connectivity index (χ4n) is 3.14. The smallest absolute Gasteiger partial charge is 0.283 e. The van der Waals surface area contributed by atoms with E-state index in [0.717, 1.165) is 37.7 Å². The average molecular weight is 359 g/mol. The van der Waals surface area contributed by atoms with E-state index in [4.69, 9.17) is 0 Å². The number of carbonyl (C=O) groups excluding carboxylic acids is 2. The number of carbonyl (C=O) groups is 2. The van der Waals surface area contributed by atoms with Gasteiger partial charge in [-0.15, -0.1) is 11.8 Å². The summed E-state index contributed by atoms with van der Waals surface area (Å²) in [5, 5.41) is 2.91. The minimum atomic E-state index is -0.325. The molecule has 1 fully saturated rings. The van der Waals surface area contributed by atoms with Gasteiger partial charge in [0.05, 0.1) is 15.9 Å². The van der Waals surface area contributed by atoms with Crippen molar-refractivity contribution in [2.24, 2.45) is 10.9 Å². The fraction of sp³-hybridized carbons (Fsp3) is 0.526. The molecule has 2 aliphatic heterocycles. The summed E-state index contributed by atoms with van der Waals surface area (Å²) in [5.41, 5.74) is 0.755. The number of piperidine rings is 1. The van der Waals surface area contributed by atoms with Crippen molar-refractivity contribution < 1.29 is 9.59 Å². The van der Waals surface area contributed by atoms with E-state index in [1.807, 2.05) is 24.3 Å². The van der Waals surface area contributed by atoms with Gasteiger partial charge in [-0.2, -0.15) is 0 Å². The second kappa shape index (κ2) is 8.63. The summed E-state index contributed by atoms with van der Waals surface area (Å²) < 4.78 is 0. The summed E-state index contributed by atoms with van der Waals surface area (Å²) in [6.45, 7) is 6.28. The summed E-state index contributed by atoms with van der Waals surface area (Å²) in [7, 11) is 0. The minimum Gasteiger partial charge on any atom is -0.352 e. The van der Waals surface area contributed by atoms with Gasteiger partial charge in [-0.05, 0) is 50.9 Å². The zero-order valence-corrected chi connectivity index (χ0v) is 15.4. The molecule has 1 saturated heterocycles. The Kier molecular flexibility index (Phi) is 6.26. The first-order valence-electron chi connectivity index (χ1n) is 8.98. The molecule has 0 aromatic heterocycles. The summed E-state index contributed by atoms with van der Waals surface area (Å²) >= 11 is 1.39. The van der Waals surface area contributed by atoms with E-state index in [1.165, 1.54) is 30.7 Å². The highest BCUT2D eigenvalue weighted by atomic mass is 32.2. The molecule has 0 spiro atoms. The lowest BCUT2D eigenvalue weighted by Gasteiger charge is -2.30. The molecule has 5 nitrogen and oxygen atoms in total. The van der Waals surface area contributed by atoms with Gasteiger partial charge in [0, 0.05) is 12.6 Å². The van der Waals surface area contributed by atoms with Gasteiger partial charge in [0.1, 0.15) is 0 Å². The van der Waals surface area contributed by atoms with E-state index in [9.17, 15) is 9.59 Å². The maximum atomic E-state index is 12.1. The van der Waals surface area contributed by atoms with Gasteiger partial charge in [-0.1, -0.05) is 25.2 Å². The Hall–Kier alpha value is -1.66. The Bertz CT molecular complexity index is 643. The quantitative estimate of drug-likeness (QED) is 0.604. The lowest BCUT2D eigenvalue weighted by atomic mass is 9.99. The summed E-state index contributed by atoms with van der Waals surface area (Å²) in [4.78, 5) is 31.0. The van der Waals surface area contributed by atoms with Crippen LogP contribution in [0.15, 0.2) is 40.3 Å². The molecule has 1 atom stereocenters. The topological polar surface area (TPSA) is 61.8 Å².